The van der Waals surface area contributed by atoms with Crippen molar-refractivity contribution in [2.24, 2.45) is 0 Å². The molecule has 0 fully saturated rings. The van der Waals surface area contributed by atoms with Gasteiger partial charge in [0, 0.05) is 20.0 Å². The van der Waals surface area contributed by atoms with Gasteiger partial charge in [-0.2, -0.15) is 0 Å². The Morgan fingerprint density at radius 2 is 1.63 bits per heavy atom. The minimum absolute atomic E-state index is 0.0886. The molecule has 202 valence electrons. The number of aryl methyl sites for hydroxylation is 2. The van der Waals surface area contributed by atoms with Crippen LogP contribution in [0, 0.1) is 13.8 Å². The molecule has 38 heavy (non-hydrogen) atoms. The van der Waals surface area contributed by atoms with Gasteiger partial charge in [-0.05, 0) is 54.3 Å². The third kappa shape index (κ3) is 7.35. The molecule has 1 atom stereocenters. The maximum absolute atomic E-state index is 14.0. The number of likely N-dealkylation sites (N-methyl/N-ethyl adjacent to an activating group) is 1. The predicted molar refractivity (Wildman–Crippen MR) is 150 cm³/mol. The van der Waals surface area contributed by atoms with E-state index in [2.05, 4.69) is 5.32 Å². The third-order valence-corrected chi connectivity index (χ3v) is 7.44. The first-order chi connectivity index (χ1) is 18.0. The lowest BCUT2D eigenvalue weighted by atomic mass is 10.0. The standard InChI is InChI=1S/C29H35N3O5S/c1-21-14-15-22(2)26(16-21)32(38(5,35)36)20-28(33)31(19-24-12-9-13-25(17-24)37-4)27(29(34)30-3)18-23-10-7-6-8-11-23/h6-17,27H,18-20H2,1-5H3,(H,30,34). The molecule has 2 amide bonds. The minimum atomic E-state index is -3.81. The van der Waals surface area contributed by atoms with Crippen molar-refractivity contribution < 1.29 is 22.7 Å². The van der Waals surface area contributed by atoms with Crippen molar-refractivity contribution in [2.45, 2.75) is 32.9 Å². The summed E-state index contributed by atoms with van der Waals surface area (Å²) < 4.78 is 32.3. The molecule has 3 rings (SSSR count). The average Bonchev–Trinajstić information content (AvgIpc) is 2.90. The highest BCUT2D eigenvalue weighted by molar-refractivity contribution is 7.92. The molecule has 3 aromatic rings. The number of sulfonamides is 1. The van der Waals surface area contributed by atoms with Gasteiger partial charge in [0.2, 0.25) is 21.8 Å². The van der Waals surface area contributed by atoms with Gasteiger partial charge in [-0.3, -0.25) is 13.9 Å². The van der Waals surface area contributed by atoms with E-state index in [1.165, 1.54) is 11.9 Å². The molecule has 0 heterocycles. The number of hydrogen-bond acceptors (Lipinski definition) is 5. The van der Waals surface area contributed by atoms with Gasteiger partial charge in [-0.25, -0.2) is 8.42 Å². The van der Waals surface area contributed by atoms with Crippen LogP contribution in [-0.2, 0) is 32.6 Å². The molecule has 0 aliphatic heterocycles. The Hall–Kier alpha value is -3.85. The molecule has 0 aliphatic carbocycles. The zero-order valence-electron chi connectivity index (χ0n) is 22.5. The van der Waals surface area contributed by atoms with Crippen LogP contribution in [-0.4, -0.2) is 58.1 Å². The molecular weight excluding hydrogens is 502 g/mol. The zero-order valence-corrected chi connectivity index (χ0v) is 23.3. The number of benzene rings is 3. The van der Waals surface area contributed by atoms with E-state index in [-0.39, 0.29) is 18.9 Å². The molecule has 0 aliphatic rings. The van der Waals surface area contributed by atoms with Crippen molar-refractivity contribution in [1.82, 2.24) is 10.2 Å². The van der Waals surface area contributed by atoms with Gasteiger partial charge < -0.3 is 15.0 Å². The fourth-order valence-electron chi connectivity index (χ4n) is 4.27. The second kappa shape index (κ2) is 12.6. The Balaban J connectivity index is 2.06. The normalized spacial score (nSPS) is 11.9. The Labute approximate surface area is 225 Å². The molecule has 1 unspecified atom stereocenters. The molecule has 0 spiro atoms. The van der Waals surface area contributed by atoms with E-state index in [0.717, 1.165) is 32.8 Å². The van der Waals surface area contributed by atoms with Crippen LogP contribution in [0.1, 0.15) is 22.3 Å². The highest BCUT2D eigenvalue weighted by atomic mass is 32.2. The molecule has 8 nitrogen and oxygen atoms in total. The van der Waals surface area contributed by atoms with Gasteiger partial charge in [-0.1, -0.05) is 54.6 Å². The summed E-state index contributed by atoms with van der Waals surface area (Å²) in [4.78, 5) is 28.6. The smallest absolute Gasteiger partial charge is 0.244 e. The van der Waals surface area contributed by atoms with Crippen molar-refractivity contribution in [2.75, 3.05) is 31.3 Å². The van der Waals surface area contributed by atoms with Crippen LogP contribution >= 0.6 is 0 Å². The molecule has 0 radical (unpaired) electrons. The van der Waals surface area contributed by atoms with Crippen LogP contribution in [0.15, 0.2) is 72.8 Å². The van der Waals surface area contributed by atoms with Crippen LogP contribution < -0.4 is 14.4 Å². The average molecular weight is 538 g/mol. The summed E-state index contributed by atoms with van der Waals surface area (Å²) in [6.07, 6.45) is 1.34. The largest absolute Gasteiger partial charge is 0.497 e. The second-order valence-corrected chi connectivity index (χ2v) is 11.2. The van der Waals surface area contributed by atoms with Gasteiger partial charge in [0.05, 0.1) is 19.1 Å². The highest BCUT2D eigenvalue weighted by Gasteiger charge is 2.33. The number of ether oxygens (including phenoxy) is 1. The lowest BCUT2D eigenvalue weighted by Gasteiger charge is -2.33. The van der Waals surface area contributed by atoms with Crippen molar-refractivity contribution in [3.63, 3.8) is 0 Å². The van der Waals surface area contributed by atoms with Crippen LogP contribution in [0.3, 0.4) is 0 Å². The number of nitrogens with zero attached hydrogens (tertiary/aromatic N) is 2. The van der Waals surface area contributed by atoms with E-state index in [1.54, 1.807) is 32.2 Å². The lowest BCUT2D eigenvalue weighted by Crippen LogP contribution is -2.53. The summed E-state index contributed by atoms with van der Waals surface area (Å²) >= 11 is 0. The summed E-state index contributed by atoms with van der Waals surface area (Å²) in [5.41, 5.74) is 3.64. The second-order valence-electron chi connectivity index (χ2n) is 9.25. The van der Waals surface area contributed by atoms with Crippen LogP contribution in [0.2, 0.25) is 0 Å². The number of carbonyl (C=O) groups excluding carboxylic acids is 2. The van der Waals surface area contributed by atoms with Crippen molar-refractivity contribution in [3.05, 3.63) is 95.1 Å². The Morgan fingerprint density at radius 1 is 0.947 bits per heavy atom. The fourth-order valence-corrected chi connectivity index (χ4v) is 5.17. The van der Waals surface area contributed by atoms with Gasteiger partial charge in [0.25, 0.3) is 0 Å². The monoisotopic (exact) mass is 537 g/mol. The number of nitrogens with one attached hydrogen (secondary N) is 1. The maximum atomic E-state index is 14.0. The van der Waals surface area contributed by atoms with Crippen molar-refractivity contribution in [1.29, 1.82) is 0 Å². The molecular formula is C29H35N3O5S. The molecule has 0 saturated carbocycles. The number of hydrogen-bond donors (Lipinski definition) is 1. The van der Waals surface area contributed by atoms with Gasteiger partial charge in [0.15, 0.2) is 0 Å². The first kappa shape index (κ1) is 28.7. The highest BCUT2D eigenvalue weighted by Crippen LogP contribution is 2.25. The van der Waals surface area contributed by atoms with E-state index >= 15 is 0 Å². The SMILES string of the molecule is CNC(=O)C(Cc1ccccc1)N(Cc1cccc(OC)c1)C(=O)CN(c1cc(C)ccc1C)S(C)(=O)=O. The van der Waals surface area contributed by atoms with Crippen molar-refractivity contribution in [3.8, 4) is 5.75 Å². The third-order valence-electron chi connectivity index (χ3n) is 6.32. The van der Waals surface area contributed by atoms with Gasteiger partial charge >= 0.3 is 0 Å². The van der Waals surface area contributed by atoms with Crippen LogP contribution in [0.25, 0.3) is 0 Å². The Morgan fingerprint density at radius 3 is 2.26 bits per heavy atom. The maximum Gasteiger partial charge on any atom is 0.244 e. The van der Waals surface area contributed by atoms with E-state index in [4.69, 9.17) is 4.74 Å². The first-order valence-electron chi connectivity index (χ1n) is 12.3. The number of rotatable bonds is 11. The molecule has 0 bridgehead atoms. The van der Waals surface area contributed by atoms with Crippen LogP contribution in [0.4, 0.5) is 5.69 Å². The first-order valence-corrected chi connectivity index (χ1v) is 14.1. The molecule has 3 aromatic carbocycles. The summed E-state index contributed by atoms with van der Waals surface area (Å²) in [5.74, 6) is -0.228. The topological polar surface area (TPSA) is 96.0 Å². The molecule has 0 saturated heterocycles. The Kier molecular flexibility index (Phi) is 9.52. The minimum Gasteiger partial charge on any atom is -0.497 e. The summed E-state index contributed by atoms with van der Waals surface area (Å²) in [7, 11) is -0.739. The predicted octanol–water partition coefficient (Wildman–Crippen LogP) is 3.46. The lowest BCUT2D eigenvalue weighted by molar-refractivity contribution is -0.139. The van der Waals surface area contributed by atoms with E-state index < -0.39 is 28.5 Å². The van der Waals surface area contributed by atoms with E-state index in [9.17, 15) is 18.0 Å². The van der Waals surface area contributed by atoms with Crippen molar-refractivity contribution >= 4 is 27.5 Å². The van der Waals surface area contributed by atoms with Crippen LogP contribution in [0.5, 0.6) is 5.75 Å². The number of carbonyl (C=O) groups is 2. The molecule has 1 N–H and O–H groups in total. The number of anilines is 1. The zero-order chi connectivity index (χ0) is 27.9. The van der Waals surface area contributed by atoms with Gasteiger partial charge in [-0.15, -0.1) is 0 Å². The quantitative estimate of drug-likeness (QED) is 0.404. The molecule has 0 aromatic heterocycles. The summed E-state index contributed by atoms with van der Waals surface area (Å²) in [5, 5.41) is 2.67. The summed E-state index contributed by atoms with van der Waals surface area (Å²) in [6.45, 7) is 3.30. The number of amides is 2. The van der Waals surface area contributed by atoms with Gasteiger partial charge in [0.1, 0.15) is 18.3 Å². The summed E-state index contributed by atoms with van der Waals surface area (Å²) in [6, 6.07) is 21.2. The number of methoxy groups -OCH3 is 1. The van der Waals surface area contributed by atoms with E-state index in [0.29, 0.717) is 11.4 Å². The fraction of sp³-hybridized carbons (Fsp3) is 0.310. The Bertz CT molecular complexity index is 1380. The van der Waals surface area contributed by atoms with E-state index in [1.807, 2.05) is 61.5 Å². The molecule has 9 heteroatoms.